The molecule has 3 heterocycles. The lowest BCUT2D eigenvalue weighted by molar-refractivity contribution is 0.198. The number of aromatic nitrogens is 2. The Morgan fingerprint density at radius 3 is 2.67 bits per heavy atom. The van der Waals surface area contributed by atoms with Crippen molar-refractivity contribution < 1.29 is 0 Å². The van der Waals surface area contributed by atoms with Gasteiger partial charge in [0.05, 0.1) is 11.4 Å². The third-order valence-corrected chi connectivity index (χ3v) is 6.58. The van der Waals surface area contributed by atoms with Crippen molar-refractivity contribution in [2.24, 2.45) is 0 Å². The average molecular weight is 401 g/mol. The number of likely N-dealkylation sites (tertiary alicyclic amines) is 1. The summed E-state index contributed by atoms with van der Waals surface area (Å²) in [6.45, 7) is 6.50. The van der Waals surface area contributed by atoms with Crippen LogP contribution in [0.5, 0.6) is 0 Å². The van der Waals surface area contributed by atoms with E-state index < -0.39 is 0 Å². The molecule has 1 saturated heterocycles. The summed E-state index contributed by atoms with van der Waals surface area (Å²) >= 11 is 0. The van der Waals surface area contributed by atoms with Crippen LogP contribution in [0.1, 0.15) is 54.0 Å². The van der Waals surface area contributed by atoms with Crippen molar-refractivity contribution in [2.75, 3.05) is 25.0 Å². The summed E-state index contributed by atoms with van der Waals surface area (Å²) in [5.74, 6) is 1.74. The van der Waals surface area contributed by atoms with Crippen LogP contribution < -0.4 is 5.32 Å². The molecule has 1 unspecified atom stereocenters. The van der Waals surface area contributed by atoms with Crippen molar-refractivity contribution in [1.82, 2.24) is 14.7 Å². The van der Waals surface area contributed by atoms with Gasteiger partial charge in [0.1, 0.15) is 5.82 Å². The number of nitrogens with one attached hydrogen (secondary N) is 1. The molecule has 3 aromatic rings. The number of fused-ring (bicyclic) bond motifs is 1. The molecule has 5 rings (SSSR count). The van der Waals surface area contributed by atoms with Crippen molar-refractivity contribution in [3.8, 4) is 5.69 Å². The Kier molecular flexibility index (Phi) is 5.58. The maximum Gasteiger partial charge on any atom is 0.133 e. The molecule has 1 atom stereocenters. The molecule has 0 aliphatic carbocycles. The number of aryl methyl sites for hydroxylation is 1. The fourth-order valence-electron chi connectivity index (χ4n) is 4.99. The molecule has 0 bridgehead atoms. The third-order valence-electron chi connectivity index (χ3n) is 6.58. The van der Waals surface area contributed by atoms with Crippen LogP contribution in [0, 0.1) is 6.92 Å². The quantitative estimate of drug-likeness (QED) is 0.644. The van der Waals surface area contributed by atoms with Crippen LogP contribution in [0.4, 0.5) is 5.82 Å². The van der Waals surface area contributed by atoms with Gasteiger partial charge in [0.15, 0.2) is 0 Å². The molecular weight excluding hydrogens is 368 g/mol. The molecule has 0 radical (unpaired) electrons. The highest BCUT2D eigenvalue weighted by molar-refractivity contribution is 5.55. The van der Waals surface area contributed by atoms with E-state index in [-0.39, 0.29) is 0 Å². The van der Waals surface area contributed by atoms with E-state index in [0.717, 1.165) is 31.7 Å². The Morgan fingerprint density at radius 2 is 1.83 bits per heavy atom. The van der Waals surface area contributed by atoms with Crippen molar-refractivity contribution in [3.05, 3.63) is 77.0 Å². The summed E-state index contributed by atoms with van der Waals surface area (Å²) < 4.78 is 2.17. The van der Waals surface area contributed by atoms with Crippen LogP contribution in [-0.2, 0) is 13.0 Å². The topological polar surface area (TPSA) is 33.1 Å². The molecule has 0 amide bonds. The van der Waals surface area contributed by atoms with Gasteiger partial charge in [0, 0.05) is 31.1 Å². The van der Waals surface area contributed by atoms with Gasteiger partial charge in [0.25, 0.3) is 0 Å². The first-order valence-electron chi connectivity index (χ1n) is 11.5. The molecule has 4 heteroatoms. The van der Waals surface area contributed by atoms with E-state index in [1.165, 1.54) is 60.4 Å². The van der Waals surface area contributed by atoms with Gasteiger partial charge in [-0.2, -0.15) is 5.10 Å². The number of hydrogen-bond acceptors (Lipinski definition) is 3. The van der Waals surface area contributed by atoms with E-state index in [1.807, 2.05) is 0 Å². The zero-order chi connectivity index (χ0) is 20.3. The first-order chi connectivity index (χ1) is 14.8. The van der Waals surface area contributed by atoms with E-state index in [9.17, 15) is 0 Å². The van der Waals surface area contributed by atoms with Crippen molar-refractivity contribution in [1.29, 1.82) is 0 Å². The highest BCUT2D eigenvalue weighted by Gasteiger charge is 2.29. The average Bonchev–Trinajstić information content (AvgIpc) is 2.96. The molecule has 2 aliphatic heterocycles. The molecule has 1 N–H and O–H groups in total. The minimum Gasteiger partial charge on any atom is -0.370 e. The predicted molar refractivity (Wildman–Crippen MR) is 123 cm³/mol. The summed E-state index contributed by atoms with van der Waals surface area (Å²) in [5, 5.41) is 8.93. The van der Waals surface area contributed by atoms with E-state index in [2.05, 4.69) is 76.4 Å². The molecule has 1 fully saturated rings. The minimum atomic E-state index is 0.516. The molecule has 156 valence electrons. The van der Waals surface area contributed by atoms with Crippen molar-refractivity contribution in [2.45, 2.75) is 51.5 Å². The summed E-state index contributed by atoms with van der Waals surface area (Å²) in [6.07, 6.45) is 6.10. The smallest absolute Gasteiger partial charge is 0.133 e. The van der Waals surface area contributed by atoms with Gasteiger partial charge < -0.3 is 5.32 Å². The Balaban J connectivity index is 1.45. The van der Waals surface area contributed by atoms with Gasteiger partial charge in [-0.15, -0.1) is 0 Å². The fourth-order valence-corrected chi connectivity index (χ4v) is 4.99. The Hall–Kier alpha value is -2.59. The van der Waals surface area contributed by atoms with Gasteiger partial charge >= 0.3 is 0 Å². The van der Waals surface area contributed by atoms with Crippen LogP contribution in [0.15, 0.2) is 54.6 Å². The zero-order valence-electron chi connectivity index (χ0n) is 18.0. The van der Waals surface area contributed by atoms with E-state index in [1.54, 1.807) is 0 Å². The van der Waals surface area contributed by atoms with Gasteiger partial charge in [-0.1, -0.05) is 48.0 Å². The summed E-state index contributed by atoms with van der Waals surface area (Å²) in [5.41, 5.74) is 6.64. The van der Waals surface area contributed by atoms with Gasteiger partial charge in [-0.3, -0.25) is 4.90 Å². The van der Waals surface area contributed by atoms with Gasteiger partial charge in [0.2, 0.25) is 0 Å². The second kappa shape index (κ2) is 8.65. The standard InChI is InChI=1S/C26H32N4/c1-20-12-14-23(15-13-20)30-26-24(11-5-6-16-27-26)25(28-30)22-10-7-17-29(19-22)18-21-8-3-2-4-9-21/h2-4,8-9,12-15,22,27H,5-7,10-11,16-19H2,1H3. The molecule has 0 spiro atoms. The number of piperidine rings is 1. The molecule has 30 heavy (non-hydrogen) atoms. The molecule has 0 saturated carbocycles. The third kappa shape index (κ3) is 4.01. The van der Waals surface area contributed by atoms with Crippen LogP contribution in [0.3, 0.4) is 0 Å². The number of rotatable bonds is 4. The number of benzene rings is 2. The van der Waals surface area contributed by atoms with Crippen LogP contribution in [0.2, 0.25) is 0 Å². The minimum absolute atomic E-state index is 0.516. The number of anilines is 1. The maximum absolute atomic E-state index is 5.23. The van der Waals surface area contributed by atoms with E-state index in [0.29, 0.717) is 5.92 Å². The molecule has 4 nitrogen and oxygen atoms in total. The second-order valence-electron chi connectivity index (χ2n) is 8.90. The lowest BCUT2D eigenvalue weighted by Gasteiger charge is -2.32. The molecular formula is C26H32N4. The normalized spacial score (nSPS) is 19.7. The van der Waals surface area contributed by atoms with Crippen LogP contribution in [0.25, 0.3) is 5.69 Å². The second-order valence-corrected chi connectivity index (χ2v) is 8.90. The lowest BCUT2D eigenvalue weighted by atomic mass is 9.91. The molecule has 2 aromatic carbocycles. The largest absolute Gasteiger partial charge is 0.370 e. The van der Waals surface area contributed by atoms with Crippen molar-refractivity contribution in [3.63, 3.8) is 0 Å². The fraction of sp³-hybridized carbons (Fsp3) is 0.423. The van der Waals surface area contributed by atoms with Crippen LogP contribution in [-0.4, -0.2) is 34.3 Å². The highest BCUT2D eigenvalue weighted by atomic mass is 15.3. The van der Waals surface area contributed by atoms with Gasteiger partial charge in [-0.05, 0) is 63.3 Å². The summed E-state index contributed by atoms with van der Waals surface area (Å²) in [4.78, 5) is 2.62. The van der Waals surface area contributed by atoms with Crippen LogP contribution >= 0.6 is 0 Å². The SMILES string of the molecule is Cc1ccc(-n2nc(C3CCCN(Cc4ccccc4)C3)c3c2NCCCC3)cc1. The molecule has 2 aliphatic rings. The number of hydrogen-bond donors (Lipinski definition) is 1. The lowest BCUT2D eigenvalue weighted by Crippen LogP contribution is -2.34. The maximum atomic E-state index is 5.23. The van der Waals surface area contributed by atoms with Crippen molar-refractivity contribution >= 4 is 5.82 Å². The zero-order valence-corrected chi connectivity index (χ0v) is 18.0. The highest BCUT2D eigenvalue weighted by Crippen LogP contribution is 2.36. The summed E-state index contributed by atoms with van der Waals surface area (Å²) in [6, 6.07) is 19.6. The Morgan fingerprint density at radius 1 is 1.00 bits per heavy atom. The van der Waals surface area contributed by atoms with E-state index in [4.69, 9.17) is 5.10 Å². The Bertz CT molecular complexity index is 974. The molecule has 1 aromatic heterocycles. The first-order valence-corrected chi connectivity index (χ1v) is 11.5. The predicted octanol–water partition coefficient (Wildman–Crippen LogP) is 5.31. The number of nitrogens with zero attached hydrogens (tertiary/aromatic N) is 3. The Labute approximate surface area is 179 Å². The van der Waals surface area contributed by atoms with E-state index >= 15 is 0 Å². The van der Waals surface area contributed by atoms with Gasteiger partial charge in [-0.25, -0.2) is 4.68 Å². The first kappa shape index (κ1) is 19.4. The summed E-state index contributed by atoms with van der Waals surface area (Å²) in [7, 11) is 0. The monoisotopic (exact) mass is 400 g/mol.